The van der Waals surface area contributed by atoms with Crippen LogP contribution in [0, 0.1) is 6.92 Å². The van der Waals surface area contributed by atoms with Gasteiger partial charge in [0.2, 0.25) is 0 Å². The number of anilines is 1. The Labute approximate surface area is 182 Å². The number of benzene rings is 3. The van der Waals surface area contributed by atoms with Crippen molar-refractivity contribution in [2.75, 3.05) is 26.1 Å². The molecular formula is C25H26N2O4. The molecule has 0 bridgehead atoms. The number of hydrogen-bond donors (Lipinski definition) is 1. The molecule has 2 amide bonds. The third kappa shape index (κ3) is 4.58. The van der Waals surface area contributed by atoms with Crippen molar-refractivity contribution in [3.63, 3.8) is 0 Å². The van der Waals surface area contributed by atoms with Crippen LogP contribution in [0.4, 0.5) is 10.5 Å². The van der Waals surface area contributed by atoms with E-state index in [0.29, 0.717) is 36.0 Å². The van der Waals surface area contributed by atoms with Crippen LogP contribution >= 0.6 is 0 Å². The molecule has 6 heteroatoms. The van der Waals surface area contributed by atoms with Crippen LogP contribution in [0.25, 0.3) is 0 Å². The Kier molecular flexibility index (Phi) is 5.98. The SMILES string of the molecule is COc1cc2c(cc1OC)CN(C(=O)Nc1ccccc1Oc1cccc(C)c1)CC2. The van der Waals surface area contributed by atoms with Crippen molar-refractivity contribution in [3.05, 3.63) is 77.4 Å². The second-order valence-corrected chi connectivity index (χ2v) is 7.49. The number of carbonyl (C=O) groups is 1. The lowest BCUT2D eigenvalue weighted by molar-refractivity contribution is 0.206. The molecule has 0 radical (unpaired) electrons. The van der Waals surface area contributed by atoms with Crippen LogP contribution in [0.2, 0.25) is 0 Å². The van der Waals surface area contributed by atoms with Gasteiger partial charge in [0, 0.05) is 13.1 Å². The van der Waals surface area contributed by atoms with Gasteiger partial charge in [-0.1, -0.05) is 24.3 Å². The topological polar surface area (TPSA) is 60.0 Å². The Morgan fingerprint density at radius 1 is 0.903 bits per heavy atom. The van der Waals surface area contributed by atoms with E-state index in [0.717, 1.165) is 23.3 Å². The summed E-state index contributed by atoms with van der Waals surface area (Å²) >= 11 is 0. The first-order valence-electron chi connectivity index (χ1n) is 10.2. The summed E-state index contributed by atoms with van der Waals surface area (Å²) < 4.78 is 16.8. The maximum absolute atomic E-state index is 13.0. The van der Waals surface area contributed by atoms with Crippen molar-refractivity contribution in [2.24, 2.45) is 0 Å². The molecule has 0 aliphatic carbocycles. The molecule has 31 heavy (non-hydrogen) atoms. The van der Waals surface area contributed by atoms with Crippen LogP contribution in [-0.4, -0.2) is 31.7 Å². The summed E-state index contributed by atoms with van der Waals surface area (Å²) in [5, 5.41) is 3.00. The van der Waals surface area contributed by atoms with E-state index in [2.05, 4.69) is 5.32 Å². The fourth-order valence-electron chi connectivity index (χ4n) is 3.72. The van der Waals surface area contributed by atoms with Crippen molar-refractivity contribution in [2.45, 2.75) is 19.9 Å². The number of amides is 2. The zero-order valence-corrected chi connectivity index (χ0v) is 18.0. The van der Waals surface area contributed by atoms with E-state index < -0.39 is 0 Å². The molecule has 0 atom stereocenters. The Morgan fingerprint density at radius 2 is 1.65 bits per heavy atom. The predicted octanol–water partition coefficient (Wildman–Crippen LogP) is 5.39. The first-order valence-corrected chi connectivity index (χ1v) is 10.2. The molecule has 160 valence electrons. The smallest absolute Gasteiger partial charge is 0.322 e. The van der Waals surface area contributed by atoms with Crippen molar-refractivity contribution in [3.8, 4) is 23.0 Å². The molecule has 0 spiro atoms. The van der Waals surface area contributed by atoms with Gasteiger partial charge in [-0.2, -0.15) is 0 Å². The maximum Gasteiger partial charge on any atom is 0.322 e. The molecule has 1 aliphatic heterocycles. The average Bonchev–Trinajstić information content (AvgIpc) is 2.79. The Bertz CT molecular complexity index is 1100. The van der Waals surface area contributed by atoms with E-state index in [4.69, 9.17) is 14.2 Å². The molecule has 3 aromatic rings. The fourth-order valence-corrected chi connectivity index (χ4v) is 3.72. The molecule has 4 rings (SSSR count). The van der Waals surface area contributed by atoms with E-state index in [9.17, 15) is 4.79 Å². The number of para-hydroxylation sites is 2. The Balaban J connectivity index is 1.50. The number of rotatable bonds is 5. The number of ether oxygens (including phenoxy) is 3. The van der Waals surface area contributed by atoms with Gasteiger partial charge >= 0.3 is 6.03 Å². The number of fused-ring (bicyclic) bond motifs is 1. The number of carbonyl (C=O) groups excluding carboxylic acids is 1. The van der Waals surface area contributed by atoms with Gasteiger partial charge in [0.1, 0.15) is 5.75 Å². The van der Waals surface area contributed by atoms with Crippen LogP contribution in [0.5, 0.6) is 23.0 Å². The molecule has 3 aromatic carbocycles. The summed E-state index contributed by atoms with van der Waals surface area (Å²) in [7, 11) is 3.24. The van der Waals surface area contributed by atoms with Gasteiger partial charge in [0.05, 0.1) is 19.9 Å². The van der Waals surface area contributed by atoms with E-state index in [1.807, 2.05) is 67.6 Å². The van der Waals surface area contributed by atoms with E-state index in [1.54, 1.807) is 19.1 Å². The minimum absolute atomic E-state index is 0.166. The predicted molar refractivity (Wildman–Crippen MR) is 120 cm³/mol. The second kappa shape index (κ2) is 9.00. The van der Waals surface area contributed by atoms with Gasteiger partial charge in [-0.05, 0) is 66.4 Å². The van der Waals surface area contributed by atoms with E-state index >= 15 is 0 Å². The van der Waals surface area contributed by atoms with Crippen molar-refractivity contribution in [1.29, 1.82) is 0 Å². The summed E-state index contributed by atoms with van der Waals surface area (Å²) in [4.78, 5) is 14.8. The van der Waals surface area contributed by atoms with Gasteiger partial charge in [0.25, 0.3) is 0 Å². The highest BCUT2D eigenvalue weighted by molar-refractivity contribution is 5.91. The van der Waals surface area contributed by atoms with E-state index in [-0.39, 0.29) is 6.03 Å². The summed E-state index contributed by atoms with van der Waals surface area (Å²) in [5.74, 6) is 2.71. The molecular weight excluding hydrogens is 392 g/mol. The van der Waals surface area contributed by atoms with Crippen molar-refractivity contribution in [1.82, 2.24) is 4.90 Å². The van der Waals surface area contributed by atoms with Crippen LogP contribution in [0.15, 0.2) is 60.7 Å². The molecule has 1 heterocycles. The second-order valence-electron chi connectivity index (χ2n) is 7.49. The Morgan fingerprint density at radius 3 is 2.39 bits per heavy atom. The molecule has 0 fully saturated rings. The molecule has 0 saturated carbocycles. The number of aryl methyl sites for hydroxylation is 1. The lowest BCUT2D eigenvalue weighted by Gasteiger charge is -2.30. The maximum atomic E-state index is 13.0. The third-order valence-corrected chi connectivity index (χ3v) is 5.35. The molecule has 1 aliphatic rings. The monoisotopic (exact) mass is 418 g/mol. The number of hydrogen-bond acceptors (Lipinski definition) is 4. The average molecular weight is 418 g/mol. The number of nitrogens with one attached hydrogen (secondary N) is 1. The molecule has 1 N–H and O–H groups in total. The van der Waals surface area contributed by atoms with Crippen LogP contribution in [-0.2, 0) is 13.0 Å². The highest BCUT2D eigenvalue weighted by Crippen LogP contribution is 2.34. The van der Waals surface area contributed by atoms with Gasteiger partial charge < -0.3 is 24.4 Å². The number of nitrogens with zero attached hydrogens (tertiary/aromatic N) is 1. The zero-order chi connectivity index (χ0) is 21.8. The quantitative estimate of drug-likeness (QED) is 0.603. The van der Waals surface area contributed by atoms with Crippen LogP contribution in [0.3, 0.4) is 0 Å². The lowest BCUT2D eigenvalue weighted by Crippen LogP contribution is -2.38. The molecule has 0 aromatic heterocycles. The first kappa shape index (κ1) is 20.6. The van der Waals surface area contributed by atoms with Crippen LogP contribution in [0.1, 0.15) is 16.7 Å². The highest BCUT2D eigenvalue weighted by atomic mass is 16.5. The van der Waals surface area contributed by atoms with Gasteiger partial charge in [-0.15, -0.1) is 0 Å². The summed E-state index contributed by atoms with van der Waals surface area (Å²) in [6, 6.07) is 19.0. The first-order chi connectivity index (χ1) is 15.1. The zero-order valence-electron chi connectivity index (χ0n) is 18.0. The summed E-state index contributed by atoms with van der Waals surface area (Å²) in [6.07, 6.45) is 0.755. The highest BCUT2D eigenvalue weighted by Gasteiger charge is 2.23. The number of methoxy groups -OCH3 is 2. The van der Waals surface area contributed by atoms with E-state index in [1.165, 1.54) is 5.56 Å². The minimum Gasteiger partial charge on any atom is -0.493 e. The van der Waals surface area contributed by atoms with Gasteiger partial charge in [-0.25, -0.2) is 4.79 Å². The van der Waals surface area contributed by atoms with Gasteiger partial charge in [0.15, 0.2) is 17.2 Å². The normalized spacial score (nSPS) is 12.7. The van der Waals surface area contributed by atoms with Gasteiger partial charge in [-0.3, -0.25) is 0 Å². The third-order valence-electron chi connectivity index (χ3n) is 5.35. The molecule has 0 saturated heterocycles. The summed E-state index contributed by atoms with van der Waals surface area (Å²) in [6.45, 7) is 3.14. The minimum atomic E-state index is -0.166. The fraction of sp³-hybridized carbons (Fsp3) is 0.240. The van der Waals surface area contributed by atoms with Crippen LogP contribution < -0.4 is 19.5 Å². The molecule has 6 nitrogen and oxygen atoms in total. The Hall–Kier alpha value is -3.67. The van der Waals surface area contributed by atoms with Crippen molar-refractivity contribution >= 4 is 11.7 Å². The standard InChI is InChI=1S/C25H26N2O4/c1-17-7-6-8-20(13-17)31-22-10-5-4-9-21(22)26-25(28)27-12-11-18-14-23(29-2)24(30-3)15-19(18)16-27/h4-10,13-15H,11-12,16H2,1-3H3,(H,26,28). The lowest BCUT2D eigenvalue weighted by atomic mass is 9.99. The molecule has 0 unspecified atom stereocenters. The largest absolute Gasteiger partial charge is 0.493 e. The van der Waals surface area contributed by atoms with Crippen molar-refractivity contribution < 1.29 is 19.0 Å². The number of urea groups is 1. The summed E-state index contributed by atoms with van der Waals surface area (Å²) in [5.41, 5.74) is 3.97.